The van der Waals surface area contributed by atoms with Gasteiger partial charge in [0.15, 0.2) is 0 Å². The summed E-state index contributed by atoms with van der Waals surface area (Å²) in [6.45, 7) is 4.61. The lowest BCUT2D eigenvalue weighted by molar-refractivity contribution is -0.140. The minimum Gasteiger partial charge on any atom is -0.496 e. The zero-order valence-corrected chi connectivity index (χ0v) is 18.7. The first-order valence-corrected chi connectivity index (χ1v) is 10.6. The number of hydrogen-bond acceptors (Lipinski definition) is 5. The van der Waals surface area contributed by atoms with Crippen LogP contribution >= 0.6 is 0 Å². The van der Waals surface area contributed by atoms with Crippen molar-refractivity contribution in [2.24, 2.45) is 0 Å². The molecule has 168 valence electrons. The van der Waals surface area contributed by atoms with Crippen molar-refractivity contribution in [3.05, 3.63) is 82.9 Å². The van der Waals surface area contributed by atoms with Gasteiger partial charge >= 0.3 is 5.97 Å². The maximum absolute atomic E-state index is 11.1. The highest BCUT2D eigenvalue weighted by molar-refractivity contribution is 5.73. The van der Waals surface area contributed by atoms with E-state index in [0.717, 1.165) is 16.8 Å². The van der Waals surface area contributed by atoms with Crippen LogP contribution in [0.2, 0.25) is 0 Å². The number of rotatable bonds is 10. The van der Waals surface area contributed by atoms with Gasteiger partial charge in [0.1, 0.15) is 11.8 Å². The molecule has 0 aliphatic rings. The van der Waals surface area contributed by atoms with Crippen LogP contribution in [0.3, 0.4) is 0 Å². The van der Waals surface area contributed by atoms with E-state index in [1.165, 1.54) is 22.3 Å². The molecule has 0 amide bonds. The average Bonchev–Trinajstić information content (AvgIpc) is 2.80. The summed E-state index contributed by atoms with van der Waals surface area (Å²) in [6.07, 6.45) is 0. The fourth-order valence-corrected chi connectivity index (χ4v) is 3.73. The van der Waals surface area contributed by atoms with Crippen molar-refractivity contribution in [3.8, 4) is 16.9 Å². The number of methoxy groups -OCH3 is 1. The second-order valence-electron chi connectivity index (χ2n) is 7.74. The predicted molar refractivity (Wildman–Crippen MR) is 127 cm³/mol. The van der Waals surface area contributed by atoms with Gasteiger partial charge in [0.05, 0.1) is 13.7 Å². The highest BCUT2D eigenvalue weighted by Crippen LogP contribution is 2.29. The van der Waals surface area contributed by atoms with E-state index >= 15 is 0 Å². The van der Waals surface area contributed by atoms with Crippen LogP contribution in [0.5, 0.6) is 5.75 Å². The number of hydrogen-bond donors (Lipinski definition) is 4. The molecule has 4 N–H and O–H groups in total. The Morgan fingerprint density at radius 3 is 2.41 bits per heavy atom. The molecule has 0 heterocycles. The first kappa shape index (κ1) is 23.3. The molecule has 3 aromatic carbocycles. The van der Waals surface area contributed by atoms with Crippen molar-refractivity contribution in [2.45, 2.75) is 33.0 Å². The number of benzene rings is 3. The monoisotopic (exact) mass is 434 g/mol. The molecule has 3 aromatic rings. The van der Waals surface area contributed by atoms with Gasteiger partial charge in [0.25, 0.3) is 0 Å². The van der Waals surface area contributed by atoms with Crippen LogP contribution in [0, 0.1) is 13.8 Å². The first-order chi connectivity index (χ1) is 15.4. The van der Waals surface area contributed by atoms with Gasteiger partial charge in [-0.25, -0.2) is 0 Å². The summed E-state index contributed by atoms with van der Waals surface area (Å²) in [5, 5.41) is 24.7. The molecule has 3 rings (SSSR count). The largest absolute Gasteiger partial charge is 0.496 e. The molecule has 6 heteroatoms. The summed E-state index contributed by atoms with van der Waals surface area (Å²) in [5.74, 6) is -0.433. The van der Waals surface area contributed by atoms with Crippen LogP contribution in [0.25, 0.3) is 11.1 Å². The number of aliphatic carboxylic acids is 1. The Kier molecular flexibility index (Phi) is 7.87. The Morgan fingerprint density at radius 2 is 1.75 bits per heavy atom. The van der Waals surface area contributed by atoms with E-state index in [9.17, 15) is 9.90 Å². The molecule has 0 aliphatic carbocycles. The molecular weight excluding hydrogens is 404 g/mol. The van der Waals surface area contributed by atoms with Gasteiger partial charge in [-0.1, -0.05) is 48.5 Å². The molecule has 0 aliphatic heterocycles. The second-order valence-corrected chi connectivity index (χ2v) is 7.74. The molecule has 0 aromatic heterocycles. The van der Waals surface area contributed by atoms with Crippen molar-refractivity contribution in [1.29, 1.82) is 0 Å². The third kappa shape index (κ3) is 5.46. The summed E-state index contributed by atoms with van der Waals surface area (Å²) in [5.41, 5.74) is 7.67. The zero-order chi connectivity index (χ0) is 23.1. The van der Waals surface area contributed by atoms with Crippen LogP contribution in [0.1, 0.15) is 22.3 Å². The highest BCUT2D eigenvalue weighted by Gasteiger charge is 2.17. The lowest BCUT2D eigenvalue weighted by atomic mass is 9.96. The molecule has 0 saturated carbocycles. The maximum atomic E-state index is 11.1. The van der Waals surface area contributed by atoms with E-state index in [1.54, 1.807) is 7.11 Å². The van der Waals surface area contributed by atoms with Crippen LogP contribution in [-0.4, -0.2) is 35.9 Å². The van der Waals surface area contributed by atoms with Crippen molar-refractivity contribution in [1.82, 2.24) is 5.32 Å². The summed E-state index contributed by atoms with van der Waals surface area (Å²) >= 11 is 0. The number of nitrogens with one attached hydrogen (secondary N) is 2. The third-order valence-electron chi connectivity index (χ3n) is 5.65. The smallest absolute Gasteiger partial charge is 0.323 e. The molecule has 0 spiro atoms. The number of aryl methyl sites for hydroxylation is 1. The third-order valence-corrected chi connectivity index (χ3v) is 5.65. The van der Waals surface area contributed by atoms with Gasteiger partial charge in [-0.3, -0.25) is 10.1 Å². The summed E-state index contributed by atoms with van der Waals surface area (Å²) < 4.78 is 5.53. The van der Waals surface area contributed by atoms with E-state index in [1.807, 2.05) is 37.3 Å². The molecule has 1 atom stereocenters. The minimum absolute atomic E-state index is 0.278. The fourth-order valence-electron chi connectivity index (χ4n) is 3.73. The van der Waals surface area contributed by atoms with Crippen molar-refractivity contribution < 1.29 is 19.7 Å². The Labute approximate surface area is 188 Å². The molecule has 0 unspecified atom stereocenters. The molecule has 0 bridgehead atoms. The van der Waals surface area contributed by atoms with Crippen LogP contribution in [0.15, 0.2) is 60.7 Å². The van der Waals surface area contributed by atoms with Crippen LogP contribution in [0.4, 0.5) is 5.69 Å². The maximum Gasteiger partial charge on any atom is 0.323 e. The second kappa shape index (κ2) is 10.8. The molecule has 0 radical (unpaired) electrons. The summed E-state index contributed by atoms with van der Waals surface area (Å²) in [6, 6.07) is 19.6. The fraction of sp³-hybridized carbons (Fsp3) is 0.269. The van der Waals surface area contributed by atoms with Crippen LogP contribution < -0.4 is 15.4 Å². The van der Waals surface area contributed by atoms with Crippen LogP contribution in [-0.2, 0) is 17.9 Å². The Bertz CT molecular complexity index is 1070. The van der Waals surface area contributed by atoms with Gasteiger partial charge in [0.2, 0.25) is 0 Å². The van der Waals surface area contributed by atoms with E-state index in [0.29, 0.717) is 12.3 Å². The lowest BCUT2D eigenvalue weighted by Gasteiger charge is -2.18. The van der Waals surface area contributed by atoms with Crippen molar-refractivity contribution in [2.75, 3.05) is 19.0 Å². The Balaban J connectivity index is 1.76. The topological polar surface area (TPSA) is 90.8 Å². The average molecular weight is 435 g/mol. The minimum atomic E-state index is -1.09. The lowest BCUT2D eigenvalue weighted by Crippen LogP contribution is -2.39. The summed E-state index contributed by atoms with van der Waals surface area (Å²) in [4.78, 5) is 11.1. The summed E-state index contributed by atoms with van der Waals surface area (Å²) in [7, 11) is 1.59. The van der Waals surface area contributed by atoms with Gasteiger partial charge < -0.3 is 20.3 Å². The predicted octanol–water partition coefficient (Wildman–Crippen LogP) is 4.13. The number of carbonyl (C=O) groups is 1. The SMILES string of the molecule is COc1cc(NCc2cccc(-c3ccccc3)c2C)c(C)cc1CN[C@H](CO)C(=O)O. The van der Waals surface area contributed by atoms with Gasteiger partial charge in [-0.15, -0.1) is 0 Å². The van der Waals surface area contributed by atoms with E-state index in [4.69, 9.17) is 9.84 Å². The standard InChI is InChI=1S/C26H30N2O4/c1-17-12-21(15-28-24(16-29)26(30)31)25(32-3)13-23(17)27-14-20-10-7-11-22(18(20)2)19-8-5-4-6-9-19/h4-13,24,27-29H,14-16H2,1-3H3,(H,30,31)/t24-/m1/s1. The van der Waals surface area contributed by atoms with Crippen molar-refractivity contribution >= 4 is 11.7 Å². The van der Waals surface area contributed by atoms with Crippen molar-refractivity contribution in [3.63, 3.8) is 0 Å². The molecule has 0 saturated heterocycles. The Morgan fingerprint density at radius 1 is 1.00 bits per heavy atom. The van der Waals surface area contributed by atoms with E-state index < -0.39 is 18.6 Å². The number of aliphatic hydroxyl groups is 1. The number of carboxylic acids is 1. The highest BCUT2D eigenvalue weighted by atomic mass is 16.5. The van der Waals surface area contributed by atoms with Gasteiger partial charge in [-0.2, -0.15) is 0 Å². The molecule has 0 fully saturated rings. The number of ether oxygens (including phenoxy) is 1. The first-order valence-electron chi connectivity index (χ1n) is 10.6. The van der Waals surface area contributed by atoms with E-state index in [2.05, 4.69) is 47.9 Å². The zero-order valence-electron chi connectivity index (χ0n) is 18.7. The normalized spacial score (nSPS) is 11.8. The molecular formula is C26H30N2O4. The Hall–Kier alpha value is -3.35. The number of aliphatic hydroxyl groups excluding tert-OH is 1. The molecule has 6 nitrogen and oxygen atoms in total. The quantitative estimate of drug-likeness (QED) is 0.384. The molecule has 32 heavy (non-hydrogen) atoms. The van der Waals surface area contributed by atoms with Gasteiger partial charge in [0, 0.05) is 30.4 Å². The number of anilines is 1. The number of carboxylic acid groups (broad SMARTS) is 1. The van der Waals surface area contributed by atoms with E-state index in [-0.39, 0.29) is 6.54 Å². The van der Waals surface area contributed by atoms with Gasteiger partial charge in [-0.05, 0) is 47.7 Å².